The van der Waals surface area contributed by atoms with Crippen molar-refractivity contribution >= 4 is 39.7 Å². The molecule has 0 saturated heterocycles. The number of rotatable bonds is 1. The van der Waals surface area contributed by atoms with Gasteiger partial charge in [-0.15, -0.1) is 0 Å². The summed E-state index contributed by atoms with van der Waals surface area (Å²) in [7, 11) is -4.70. The molecule has 0 aliphatic carbocycles. The summed E-state index contributed by atoms with van der Waals surface area (Å²) in [6.07, 6.45) is 0. The van der Waals surface area contributed by atoms with E-state index in [1.807, 2.05) is 0 Å². The second-order valence-corrected chi connectivity index (χ2v) is 3.82. The first-order valence-corrected chi connectivity index (χ1v) is 4.70. The summed E-state index contributed by atoms with van der Waals surface area (Å²) in [5.41, 5.74) is -0.428. The maximum absolute atomic E-state index is 12.8. The molecule has 1 rings (SSSR count). The van der Waals surface area contributed by atoms with Crippen LogP contribution in [0.5, 0.6) is 0 Å². The third kappa shape index (κ3) is 2.74. The van der Waals surface area contributed by atoms with Crippen LogP contribution in [0, 0.1) is 18.6 Å². The first-order chi connectivity index (χ1) is 5.84. The van der Waals surface area contributed by atoms with Crippen LogP contribution in [0.25, 0.3) is 0 Å². The van der Waals surface area contributed by atoms with Crippen molar-refractivity contribution < 1.29 is 21.8 Å². The van der Waals surface area contributed by atoms with Crippen LogP contribution in [0.15, 0.2) is 17.0 Å². The van der Waals surface area contributed by atoms with Crippen molar-refractivity contribution in [3.63, 3.8) is 0 Å². The average Bonchev–Trinajstić information content (AvgIpc) is 1.95. The Morgan fingerprint density at radius 1 is 1.21 bits per heavy atom. The monoisotopic (exact) mass is 232 g/mol. The number of halogens is 2. The van der Waals surface area contributed by atoms with Crippen molar-refractivity contribution in [3.8, 4) is 0 Å². The van der Waals surface area contributed by atoms with E-state index in [0.717, 1.165) is 13.0 Å². The Balaban J connectivity index is 0.00000169. The van der Waals surface area contributed by atoms with Crippen molar-refractivity contribution in [1.29, 1.82) is 0 Å². The summed E-state index contributed by atoms with van der Waals surface area (Å²) in [5, 5.41) is 0. The average molecular weight is 232 g/mol. The second kappa shape index (κ2) is 4.67. The summed E-state index contributed by atoms with van der Waals surface area (Å²) in [6, 6.07) is 1.44. The minimum absolute atomic E-state index is 0. The predicted molar refractivity (Wildman–Crippen MR) is 48.1 cm³/mol. The summed E-state index contributed by atoms with van der Waals surface area (Å²) in [4.78, 5) is -1.01. The molecule has 0 unspecified atom stereocenters. The first kappa shape index (κ1) is 14.0. The van der Waals surface area contributed by atoms with Gasteiger partial charge in [0.1, 0.15) is 16.5 Å². The molecule has 0 spiro atoms. The molecule has 0 fully saturated rings. The zero-order valence-corrected chi connectivity index (χ0v) is 7.40. The van der Waals surface area contributed by atoms with E-state index in [9.17, 15) is 17.2 Å². The van der Waals surface area contributed by atoms with Gasteiger partial charge in [0.15, 0.2) is 0 Å². The van der Waals surface area contributed by atoms with Crippen LogP contribution in [0.1, 0.15) is 5.56 Å². The van der Waals surface area contributed by atoms with E-state index in [2.05, 4.69) is 0 Å². The molecule has 0 radical (unpaired) electrons. The molecule has 0 heterocycles. The molecule has 0 aliphatic heterocycles. The summed E-state index contributed by atoms with van der Waals surface area (Å²) in [6.45, 7) is 1.07. The van der Waals surface area contributed by atoms with Gasteiger partial charge in [-0.1, -0.05) is 0 Å². The van der Waals surface area contributed by atoms with Crippen molar-refractivity contribution in [2.75, 3.05) is 0 Å². The Morgan fingerprint density at radius 2 is 1.64 bits per heavy atom. The second-order valence-electron chi connectivity index (χ2n) is 2.46. The molecule has 0 atom stereocenters. The van der Waals surface area contributed by atoms with Crippen molar-refractivity contribution in [2.24, 2.45) is 0 Å². The molecular formula is C7H7F2NaO3S. The van der Waals surface area contributed by atoms with E-state index >= 15 is 0 Å². The Morgan fingerprint density at radius 3 is 2.00 bits per heavy atom. The van der Waals surface area contributed by atoms with Gasteiger partial charge in [0.25, 0.3) is 10.1 Å². The zero-order valence-electron chi connectivity index (χ0n) is 6.58. The van der Waals surface area contributed by atoms with Gasteiger partial charge in [-0.25, -0.2) is 8.78 Å². The van der Waals surface area contributed by atoms with Crippen LogP contribution < -0.4 is 0 Å². The Bertz CT molecular complexity index is 444. The number of hydrogen-bond acceptors (Lipinski definition) is 2. The zero-order chi connectivity index (χ0) is 10.2. The topological polar surface area (TPSA) is 54.4 Å². The predicted octanol–water partition coefficient (Wildman–Crippen LogP) is 0.871. The summed E-state index contributed by atoms with van der Waals surface area (Å²) >= 11 is 0. The standard InChI is InChI=1S/C7H6F2O3S.Na.H/c1-4-5(8)2-3-6(9)7(4)13(10,11)12;;/h2-3H,1H3,(H,10,11,12);;. The quantitative estimate of drug-likeness (QED) is 0.577. The van der Waals surface area contributed by atoms with Gasteiger partial charge in [-0.05, 0) is 19.1 Å². The van der Waals surface area contributed by atoms with Gasteiger partial charge >= 0.3 is 29.6 Å². The fourth-order valence-corrected chi connectivity index (χ4v) is 1.75. The summed E-state index contributed by atoms with van der Waals surface area (Å²) < 4.78 is 55.3. The molecule has 0 amide bonds. The van der Waals surface area contributed by atoms with E-state index in [0.29, 0.717) is 6.07 Å². The molecule has 14 heavy (non-hydrogen) atoms. The number of hydrogen-bond donors (Lipinski definition) is 1. The Hall–Kier alpha value is -0.0100. The first-order valence-electron chi connectivity index (χ1n) is 3.26. The van der Waals surface area contributed by atoms with Gasteiger partial charge < -0.3 is 0 Å². The molecule has 0 bridgehead atoms. The molecule has 74 valence electrons. The normalized spacial score (nSPS) is 10.9. The van der Waals surface area contributed by atoms with Crippen molar-refractivity contribution in [2.45, 2.75) is 11.8 Å². The third-order valence-corrected chi connectivity index (χ3v) is 2.57. The van der Waals surface area contributed by atoms with Gasteiger partial charge in [0.05, 0.1) is 0 Å². The van der Waals surface area contributed by atoms with Gasteiger partial charge in [-0.2, -0.15) is 8.42 Å². The summed E-state index contributed by atoms with van der Waals surface area (Å²) in [5.74, 6) is -2.05. The molecule has 0 saturated carbocycles. The van der Waals surface area contributed by atoms with E-state index in [1.54, 1.807) is 0 Å². The van der Waals surface area contributed by atoms with E-state index < -0.39 is 32.2 Å². The third-order valence-electron chi connectivity index (χ3n) is 1.55. The molecule has 1 aromatic rings. The van der Waals surface area contributed by atoms with Gasteiger partial charge in [0, 0.05) is 5.56 Å². The van der Waals surface area contributed by atoms with Crippen LogP contribution in [0.2, 0.25) is 0 Å². The van der Waals surface area contributed by atoms with E-state index in [-0.39, 0.29) is 29.6 Å². The Labute approximate surface area is 102 Å². The fraction of sp³-hybridized carbons (Fsp3) is 0.143. The minimum atomic E-state index is -4.70. The van der Waals surface area contributed by atoms with Crippen LogP contribution in [0.3, 0.4) is 0 Å². The van der Waals surface area contributed by atoms with E-state index in [4.69, 9.17) is 4.55 Å². The van der Waals surface area contributed by atoms with Crippen LogP contribution in [0.4, 0.5) is 8.78 Å². The van der Waals surface area contributed by atoms with Crippen molar-refractivity contribution in [1.82, 2.24) is 0 Å². The Kier molecular flexibility index (Phi) is 4.67. The molecule has 0 aromatic heterocycles. The maximum atomic E-state index is 12.8. The van der Waals surface area contributed by atoms with Crippen LogP contribution >= 0.6 is 0 Å². The fourth-order valence-electron chi connectivity index (χ4n) is 0.951. The molecule has 0 aliphatic rings. The number of benzene rings is 1. The SMILES string of the molecule is Cc1c(F)ccc(F)c1S(=O)(=O)O.[NaH]. The van der Waals surface area contributed by atoms with Crippen LogP contribution in [-0.4, -0.2) is 42.5 Å². The van der Waals surface area contributed by atoms with Gasteiger partial charge in [0.2, 0.25) is 0 Å². The molecule has 1 aromatic carbocycles. The van der Waals surface area contributed by atoms with Gasteiger partial charge in [-0.3, -0.25) is 4.55 Å². The van der Waals surface area contributed by atoms with Crippen molar-refractivity contribution in [3.05, 3.63) is 29.3 Å². The van der Waals surface area contributed by atoms with Crippen LogP contribution in [-0.2, 0) is 10.1 Å². The molecule has 3 nitrogen and oxygen atoms in total. The van der Waals surface area contributed by atoms with E-state index in [1.165, 1.54) is 0 Å². The molecule has 1 N–H and O–H groups in total. The molecular weight excluding hydrogens is 225 g/mol. The molecule has 7 heteroatoms.